The Bertz CT molecular complexity index is 233. The molecule has 1 radical (unpaired) electrons. The first-order valence-electron chi connectivity index (χ1n) is 4.05. The Morgan fingerprint density at radius 2 is 2.33 bits per heavy atom. The predicted octanol–water partition coefficient (Wildman–Crippen LogP) is 2.28. The lowest BCUT2D eigenvalue weighted by Crippen LogP contribution is -1.95. The minimum atomic E-state index is 0.726. The fourth-order valence-corrected chi connectivity index (χ4v) is 0.847. The molecule has 65 valence electrons. The van der Waals surface area contributed by atoms with Gasteiger partial charge in [0.05, 0.1) is 13.7 Å². The predicted molar refractivity (Wildman–Crippen MR) is 47.6 cm³/mol. The molecule has 0 amide bonds. The van der Waals surface area contributed by atoms with Crippen LogP contribution >= 0.6 is 0 Å². The minimum absolute atomic E-state index is 0.726. The van der Waals surface area contributed by atoms with Crippen molar-refractivity contribution in [2.45, 2.75) is 13.3 Å². The maximum atomic E-state index is 5.36. The van der Waals surface area contributed by atoms with Crippen LogP contribution in [-0.4, -0.2) is 13.7 Å². The molecule has 1 aromatic rings. The van der Waals surface area contributed by atoms with Crippen LogP contribution in [0.4, 0.5) is 0 Å². The zero-order chi connectivity index (χ0) is 8.81. The molecule has 1 aromatic carbocycles. The van der Waals surface area contributed by atoms with Crippen LogP contribution in [-0.2, 0) is 0 Å². The molecule has 1 rings (SSSR count). The zero-order valence-electron chi connectivity index (χ0n) is 7.46. The van der Waals surface area contributed by atoms with Gasteiger partial charge in [-0.2, -0.15) is 0 Å². The molecule has 0 aliphatic rings. The van der Waals surface area contributed by atoms with Crippen molar-refractivity contribution in [2.75, 3.05) is 13.7 Å². The van der Waals surface area contributed by atoms with Crippen molar-refractivity contribution in [1.29, 1.82) is 0 Å². The highest BCUT2D eigenvalue weighted by Crippen LogP contribution is 2.17. The van der Waals surface area contributed by atoms with Gasteiger partial charge in [-0.05, 0) is 18.6 Å². The summed E-state index contributed by atoms with van der Waals surface area (Å²) in [6, 6.07) is 8.45. The topological polar surface area (TPSA) is 18.5 Å². The van der Waals surface area contributed by atoms with Crippen molar-refractivity contribution >= 4 is 0 Å². The lowest BCUT2D eigenvalue weighted by Gasteiger charge is -2.04. The van der Waals surface area contributed by atoms with E-state index in [0.29, 0.717) is 0 Å². The summed E-state index contributed by atoms with van der Waals surface area (Å²) in [5, 5.41) is 0. The minimum Gasteiger partial charge on any atom is -0.497 e. The number of rotatable bonds is 4. The normalized spacial score (nSPS) is 9.50. The van der Waals surface area contributed by atoms with Gasteiger partial charge in [-0.1, -0.05) is 6.92 Å². The molecule has 12 heavy (non-hydrogen) atoms. The molecule has 0 aromatic heterocycles. The van der Waals surface area contributed by atoms with Crippen molar-refractivity contribution in [3.8, 4) is 11.5 Å². The second-order valence-electron chi connectivity index (χ2n) is 2.44. The molecule has 0 heterocycles. The molecule has 0 aliphatic heterocycles. The number of hydrogen-bond acceptors (Lipinski definition) is 2. The molecule has 0 N–H and O–H groups in total. The molecule has 0 atom stereocenters. The molecule has 2 nitrogen and oxygen atoms in total. The molecule has 0 aliphatic carbocycles. The van der Waals surface area contributed by atoms with E-state index in [1.165, 1.54) is 0 Å². The molecule has 0 spiro atoms. The van der Waals surface area contributed by atoms with Crippen LogP contribution in [0.25, 0.3) is 0 Å². The Morgan fingerprint density at radius 1 is 1.50 bits per heavy atom. The Kier molecular flexibility index (Phi) is 3.45. The molecule has 2 heteroatoms. The van der Waals surface area contributed by atoms with Crippen LogP contribution in [0.15, 0.2) is 18.2 Å². The molecule has 0 saturated heterocycles. The number of ether oxygens (including phenoxy) is 2. The standard InChI is InChI=1S/C10H13O2/c1-3-7-12-10-6-4-5-9(8-10)11-2/h4-5,8H,3,7H2,1-2H3. The van der Waals surface area contributed by atoms with Crippen LogP contribution in [0.3, 0.4) is 0 Å². The summed E-state index contributed by atoms with van der Waals surface area (Å²) in [6.07, 6.45) is 1.01. The largest absolute Gasteiger partial charge is 0.497 e. The third kappa shape index (κ3) is 2.46. The third-order valence-electron chi connectivity index (χ3n) is 1.44. The SMILES string of the molecule is CCCOc1[c]ccc(OC)c1. The van der Waals surface area contributed by atoms with Gasteiger partial charge in [-0.3, -0.25) is 0 Å². The smallest absolute Gasteiger partial charge is 0.130 e. The summed E-state index contributed by atoms with van der Waals surface area (Å²) in [4.78, 5) is 0. The van der Waals surface area contributed by atoms with Crippen LogP contribution < -0.4 is 9.47 Å². The van der Waals surface area contributed by atoms with Gasteiger partial charge in [0, 0.05) is 12.1 Å². The third-order valence-corrected chi connectivity index (χ3v) is 1.44. The summed E-state index contributed by atoms with van der Waals surface area (Å²) in [5.41, 5.74) is 0. The first kappa shape index (κ1) is 8.91. The van der Waals surface area contributed by atoms with Gasteiger partial charge in [0.1, 0.15) is 11.5 Å². The first-order valence-corrected chi connectivity index (χ1v) is 4.05. The monoisotopic (exact) mass is 165 g/mol. The Labute approximate surface area is 73.1 Å². The van der Waals surface area contributed by atoms with Crippen molar-refractivity contribution in [2.24, 2.45) is 0 Å². The van der Waals surface area contributed by atoms with Gasteiger partial charge in [0.15, 0.2) is 0 Å². The highest BCUT2D eigenvalue weighted by atomic mass is 16.5. The molecular formula is C10H13O2. The summed E-state index contributed by atoms with van der Waals surface area (Å²) in [7, 11) is 1.64. The molecular weight excluding hydrogens is 152 g/mol. The average Bonchev–Trinajstić information content (AvgIpc) is 2.15. The molecule has 0 unspecified atom stereocenters. The summed E-state index contributed by atoms with van der Waals surface area (Å²) >= 11 is 0. The van der Waals surface area contributed by atoms with Crippen molar-refractivity contribution in [3.63, 3.8) is 0 Å². The van der Waals surface area contributed by atoms with Crippen LogP contribution in [0.5, 0.6) is 11.5 Å². The Morgan fingerprint density at radius 3 is 3.00 bits per heavy atom. The van der Waals surface area contributed by atoms with E-state index in [9.17, 15) is 0 Å². The van der Waals surface area contributed by atoms with E-state index in [1.54, 1.807) is 13.2 Å². The Balaban J connectivity index is 2.60. The fraction of sp³-hybridized carbons (Fsp3) is 0.400. The maximum absolute atomic E-state index is 5.36. The van der Waals surface area contributed by atoms with Crippen LogP contribution in [0.1, 0.15) is 13.3 Å². The van der Waals surface area contributed by atoms with Crippen molar-refractivity contribution in [3.05, 3.63) is 24.3 Å². The highest BCUT2D eigenvalue weighted by molar-refractivity contribution is 5.31. The summed E-state index contributed by atoms with van der Waals surface area (Å²) < 4.78 is 10.4. The van der Waals surface area contributed by atoms with Gasteiger partial charge >= 0.3 is 0 Å². The average molecular weight is 165 g/mol. The van der Waals surface area contributed by atoms with E-state index >= 15 is 0 Å². The van der Waals surface area contributed by atoms with Gasteiger partial charge in [0.25, 0.3) is 0 Å². The molecule has 0 fully saturated rings. The van der Waals surface area contributed by atoms with Gasteiger partial charge in [-0.15, -0.1) is 0 Å². The van der Waals surface area contributed by atoms with E-state index in [-0.39, 0.29) is 0 Å². The van der Waals surface area contributed by atoms with E-state index in [1.807, 2.05) is 12.1 Å². The zero-order valence-corrected chi connectivity index (χ0v) is 7.46. The second kappa shape index (κ2) is 4.65. The van der Waals surface area contributed by atoms with Crippen LogP contribution in [0.2, 0.25) is 0 Å². The van der Waals surface area contributed by atoms with Crippen LogP contribution in [0, 0.1) is 6.07 Å². The number of benzene rings is 1. The maximum Gasteiger partial charge on any atom is 0.130 e. The number of hydrogen-bond donors (Lipinski definition) is 0. The van der Waals surface area contributed by atoms with Gasteiger partial charge in [-0.25, -0.2) is 0 Å². The number of methoxy groups -OCH3 is 1. The molecule has 0 saturated carbocycles. The van der Waals surface area contributed by atoms with Gasteiger partial charge < -0.3 is 9.47 Å². The Hall–Kier alpha value is -1.18. The first-order chi connectivity index (χ1) is 5.86. The van der Waals surface area contributed by atoms with Gasteiger partial charge in [0.2, 0.25) is 0 Å². The van der Waals surface area contributed by atoms with E-state index in [0.717, 1.165) is 24.5 Å². The second-order valence-corrected chi connectivity index (χ2v) is 2.44. The van der Waals surface area contributed by atoms with E-state index < -0.39 is 0 Å². The lowest BCUT2D eigenvalue weighted by atomic mass is 10.3. The molecule has 0 bridgehead atoms. The highest BCUT2D eigenvalue weighted by Gasteiger charge is 1.94. The summed E-state index contributed by atoms with van der Waals surface area (Å²) in [5.74, 6) is 1.55. The summed E-state index contributed by atoms with van der Waals surface area (Å²) in [6.45, 7) is 2.80. The quantitative estimate of drug-likeness (QED) is 0.681. The van der Waals surface area contributed by atoms with Crippen molar-refractivity contribution < 1.29 is 9.47 Å². The lowest BCUT2D eigenvalue weighted by molar-refractivity contribution is 0.314. The van der Waals surface area contributed by atoms with E-state index in [2.05, 4.69) is 13.0 Å². The van der Waals surface area contributed by atoms with Crippen molar-refractivity contribution in [1.82, 2.24) is 0 Å². The van der Waals surface area contributed by atoms with E-state index in [4.69, 9.17) is 9.47 Å². The fourth-order valence-electron chi connectivity index (χ4n) is 0.847.